The summed E-state index contributed by atoms with van der Waals surface area (Å²) >= 11 is 3.90. The van der Waals surface area contributed by atoms with Crippen molar-refractivity contribution >= 4 is 69.3 Å². The number of ether oxygens (including phenoxy) is 1. The van der Waals surface area contributed by atoms with Crippen molar-refractivity contribution in [2.75, 3.05) is 17.6 Å². The van der Waals surface area contributed by atoms with Gasteiger partial charge in [-0.05, 0) is 45.4 Å². The third-order valence-electron chi connectivity index (χ3n) is 14.9. The van der Waals surface area contributed by atoms with Gasteiger partial charge in [0, 0.05) is 34.4 Å². The highest BCUT2D eigenvalue weighted by atomic mass is 32.2. The molecule has 0 radical (unpaired) electrons. The number of carbonyl (C=O) groups excluding carboxylic acids is 3. The minimum atomic E-state index is -1.36. The van der Waals surface area contributed by atoms with E-state index in [1.165, 1.54) is 34.6 Å². The fraction of sp³-hybridized carbons (Fsp3) is 0.119. The number of β-lactam (4-membered cyclic amide) rings is 1. The number of esters is 1. The number of amides is 2. The Morgan fingerprint density at radius 1 is 0.646 bits per heavy atom. The fourth-order valence-corrected chi connectivity index (χ4v) is 13.4. The molecule has 15 heteroatoms. The van der Waals surface area contributed by atoms with Crippen LogP contribution < -0.4 is 10.6 Å². The van der Waals surface area contributed by atoms with Gasteiger partial charge < -0.3 is 25.1 Å². The fourth-order valence-electron chi connectivity index (χ4n) is 10.8. The lowest BCUT2D eigenvalue weighted by Crippen LogP contribution is -2.74. The number of anilines is 1. The second-order valence-electron chi connectivity index (χ2n) is 19.9. The molecule has 2 aliphatic rings. The molecule has 0 saturated carbocycles. The van der Waals surface area contributed by atoms with Crippen LogP contribution in [0.3, 0.4) is 0 Å². The van der Waals surface area contributed by atoms with Crippen LogP contribution in [0.5, 0.6) is 0 Å². The van der Waals surface area contributed by atoms with E-state index in [1.54, 1.807) is 28.6 Å². The molecule has 4 heterocycles. The van der Waals surface area contributed by atoms with Crippen LogP contribution in [-0.4, -0.2) is 66.7 Å². The standard InChI is InChI=1S/C67H53N7O5S3/c75-60(70-58-61(76)74-45-65(46-81-62(58)74,42-41-55-43-68-73-82-55)63(77)78-59(47-25-9-1-10-26-47)48-27-11-2-12-28-48)57(72-79-67(52-35-19-6-20-36-52,53-37-21-7-22-38-53)54-39-23-8-24-40-54)56-44-80-64(69-56)71-66(49-29-13-3-14-30-49,50-31-15-4-16-32-50)51-33-17-5-18-34-51/h1-44,58-59,62H,45-46H2,(H,69,71)(H,70,75)/t58?,62-,65?/m1/s1. The number of thioether (sulfide) groups is 1. The van der Waals surface area contributed by atoms with Crippen molar-refractivity contribution < 1.29 is 24.0 Å². The van der Waals surface area contributed by atoms with Gasteiger partial charge in [-0.1, -0.05) is 258 Å². The van der Waals surface area contributed by atoms with Crippen LogP contribution >= 0.6 is 34.6 Å². The predicted molar refractivity (Wildman–Crippen MR) is 324 cm³/mol. The second kappa shape index (κ2) is 23.8. The molecule has 8 aromatic carbocycles. The van der Waals surface area contributed by atoms with E-state index in [2.05, 4.69) is 56.6 Å². The molecule has 0 aliphatic carbocycles. The molecule has 404 valence electrons. The molecule has 12 rings (SSSR count). The molecule has 0 spiro atoms. The number of nitrogens with zero attached hydrogens (tertiary/aromatic N) is 5. The van der Waals surface area contributed by atoms with E-state index in [9.17, 15) is 9.59 Å². The monoisotopic (exact) mass is 1130 g/mol. The van der Waals surface area contributed by atoms with Crippen molar-refractivity contribution in [1.82, 2.24) is 24.8 Å². The maximum absolute atomic E-state index is 15.5. The Kier molecular flexibility index (Phi) is 15.5. The summed E-state index contributed by atoms with van der Waals surface area (Å²) in [5.74, 6) is -1.32. The minimum absolute atomic E-state index is 0.00134. The van der Waals surface area contributed by atoms with E-state index in [0.717, 1.165) is 49.4 Å². The van der Waals surface area contributed by atoms with Gasteiger partial charge in [0.2, 0.25) is 11.5 Å². The van der Waals surface area contributed by atoms with Gasteiger partial charge in [-0.15, -0.1) is 28.2 Å². The number of rotatable bonds is 19. The summed E-state index contributed by atoms with van der Waals surface area (Å²) < 4.78 is 10.5. The average molecular weight is 1130 g/mol. The Bertz CT molecular complexity index is 3600. The van der Waals surface area contributed by atoms with Crippen molar-refractivity contribution in [3.8, 4) is 0 Å². The summed E-state index contributed by atoms with van der Waals surface area (Å²) in [5, 5.41) is 17.6. The van der Waals surface area contributed by atoms with Gasteiger partial charge in [0.05, 0.1) is 11.1 Å². The first-order chi connectivity index (χ1) is 40.3. The van der Waals surface area contributed by atoms with E-state index in [1.807, 2.05) is 206 Å². The lowest BCUT2D eigenvalue weighted by molar-refractivity contribution is -0.162. The summed E-state index contributed by atoms with van der Waals surface area (Å²) in [6, 6.07) is 78.0. The molecule has 3 atom stereocenters. The lowest BCUT2D eigenvalue weighted by atomic mass is 9.77. The first-order valence-corrected chi connectivity index (χ1v) is 29.4. The van der Waals surface area contributed by atoms with E-state index >= 15 is 4.79 Å². The number of fused-ring (bicyclic) bond motifs is 1. The van der Waals surface area contributed by atoms with Gasteiger partial charge in [-0.25, -0.2) is 4.98 Å². The number of benzene rings is 8. The van der Waals surface area contributed by atoms with Gasteiger partial charge in [-0.3, -0.25) is 14.4 Å². The summed E-state index contributed by atoms with van der Waals surface area (Å²) in [7, 11) is 0. The Morgan fingerprint density at radius 2 is 1.11 bits per heavy atom. The third-order valence-corrected chi connectivity index (χ3v) is 17.8. The molecule has 2 amide bonds. The molecule has 12 nitrogen and oxygen atoms in total. The molecule has 0 bridgehead atoms. The number of hydrogen-bond acceptors (Lipinski definition) is 13. The summed E-state index contributed by atoms with van der Waals surface area (Å²) in [5.41, 5.74) is 3.28. The zero-order chi connectivity index (χ0) is 55.8. The molecule has 2 fully saturated rings. The van der Waals surface area contributed by atoms with Crippen molar-refractivity contribution in [3.63, 3.8) is 0 Å². The topological polar surface area (TPSA) is 148 Å². The van der Waals surface area contributed by atoms with Gasteiger partial charge >= 0.3 is 5.97 Å². The zero-order valence-corrected chi connectivity index (χ0v) is 46.5. The van der Waals surface area contributed by atoms with Gasteiger partial charge in [-0.2, -0.15) is 0 Å². The van der Waals surface area contributed by atoms with E-state index in [0.29, 0.717) is 5.13 Å². The highest BCUT2D eigenvalue weighted by molar-refractivity contribution is 8.00. The van der Waals surface area contributed by atoms with Crippen molar-refractivity contribution in [3.05, 3.63) is 315 Å². The first-order valence-electron chi connectivity index (χ1n) is 26.7. The molecule has 2 saturated heterocycles. The van der Waals surface area contributed by atoms with Crippen LogP contribution in [-0.2, 0) is 35.1 Å². The van der Waals surface area contributed by atoms with Crippen LogP contribution in [0.15, 0.2) is 265 Å². The number of carbonyl (C=O) groups is 3. The van der Waals surface area contributed by atoms with Crippen molar-refractivity contribution in [1.29, 1.82) is 0 Å². The van der Waals surface area contributed by atoms with E-state index in [-0.39, 0.29) is 29.6 Å². The van der Waals surface area contributed by atoms with Crippen LogP contribution in [0.4, 0.5) is 5.13 Å². The Morgan fingerprint density at radius 3 is 1.57 bits per heavy atom. The van der Waals surface area contributed by atoms with Crippen LogP contribution in [0.2, 0.25) is 0 Å². The molecule has 2 N–H and O–H groups in total. The number of oxime groups is 1. The highest BCUT2D eigenvalue weighted by Gasteiger charge is 2.58. The largest absolute Gasteiger partial charge is 0.452 e. The quantitative estimate of drug-likeness (QED) is 0.0264. The Labute approximate surface area is 487 Å². The SMILES string of the molecule is O=C(NC1C(=O)N2CC(C=Cc3cnns3)(C(=O)OC(c3ccccc3)c3ccccc3)CS[C@H]12)C(=NOC(c1ccccc1)(c1ccccc1)c1ccccc1)c1csc(NC(c2ccccc2)(c2ccccc2)c2ccccc2)n1. The second-order valence-corrected chi connectivity index (χ2v) is 22.6. The normalized spacial score (nSPS) is 17.2. The summed E-state index contributed by atoms with van der Waals surface area (Å²) in [4.78, 5) is 59.7. The van der Waals surface area contributed by atoms with Crippen molar-refractivity contribution in [2.45, 2.75) is 28.7 Å². The van der Waals surface area contributed by atoms with Gasteiger partial charge in [0.1, 0.15) is 28.1 Å². The van der Waals surface area contributed by atoms with Crippen molar-refractivity contribution in [2.24, 2.45) is 10.6 Å². The van der Waals surface area contributed by atoms with Crippen LogP contribution in [0.25, 0.3) is 6.08 Å². The molecule has 10 aromatic rings. The lowest BCUT2D eigenvalue weighted by Gasteiger charge is -2.53. The third kappa shape index (κ3) is 10.5. The summed E-state index contributed by atoms with van der Waals surface area (Å²) in [6.07, 6.45) is 4.51. The average Bonchev–Trinajstić information content (AvgIpc) is 4.13. The molecule has 2 aliphatic heterocycles. The molecular formula is C67H53N7O5S3. The first kappa shape index (κ1) is 53.4. The van der Waals surface area contributed by atoms with E-state index < -0.39 is 46.0 Å². The van der Waals surface area contributed by atoms with Gasteiger partial charge in [0.25, 0.3) is 5.91 Å². The smallest absolute Gasteiger partial charge is 0.319 e. The van der Waals surface area contributed by atoms with Crippen LogP contribution in [0, 0.1) is 5.41 Å². The number of thiazole rings is 1. The maximum atomic E-state index is 15.5. The Balaban J connectivity index is 0.907. The zero-order valence-electron chi connectivity index (χ0n) is 44.1. The number of aromatic nitrogens is 3. The van der Waals surface area contributed by atoms with Gasteiger partial charge in [0.15, 0.2) is 16.9 Å². The minimum Gasteiger partial charge on any atom is -0.452 e. The summed E-state index contributed by atoms with van der Waals surface area (Å²) in [6.45, 7) is -0.00134. The molecule has 82 heavy (non-hydrogen) atoms. The maximum Gasteiger partial charge on any atom is 0.319 e. The number of hydrogen-bond donors (Lipinski definition) is 2. The predicted octanol–water partition coefficient (Wildman–Crippen LogP) is 12.5. The highest BCUT2D eigenvalue weighted by Crippen LogP contribution is 2.46. The molecule has 2 unspecified atom stereocenters. The number of nitrogens with one attached hydrogen (secondary N) is 2. The molecular weight excluding hydrogens is 1080 g/mol. The molecule has 2 aromatic heterocycles. The van der Waals surface area contributed by atoms with E-state index in [4.69, 9.17) is 19.7 Å². The Hall–Kier alpha value is -9.28. The van der Waals surface area contributed by atoms with Crippen LogP contribution in [0.1, 0.15) is 61.2 Å².